The van der Waals surface area contributed by atoms with Gasteiger partial charge in [0.05, 0.1) is 34.7 Å². The van der Waals surface area contributed by atoms with Gasteiger partial charge in [-0.2, -0.15) is 0 Å². The highest BCUT2D eigenvalue weighted by atomic mass is 35.5. The van der Waals surface area contributed by atoms with E-state index in [1.54, 1.807) is 42.6 Å². The lowest BCUT2D eigenvalue weighted by Crippen LogP contribution is -2.18. The van der Waals surface area contributed by atoms with E-state index in [9.17, 15) is 4.79 Å². The van der Waals surface area contributed by atoms with Gasteiger partial charge in [0, 0.05) is 35.3 Å². The minimum Gasteiger partial charge on any atom is -0.496 e. The van der Waals surface area contributed by atoms with Crippen molar-refractivity contribution >= 4 is 45.7 Å². The molecule has 1 heterocycles. The molecule has 0 saturated heterocycles. The third-order valence-corrected chi connectivity index (χ3v) is 5.73. The van der Waals surface area contributed by atoms with Crippen LogP contribution in [0.5, 0.6) is 17.2 Å². The molecule has 0 spiro atoms. The molecule has 7 nitrogen and oxygen atoms in total. The van der Waals surface area contributed by atoms with Crippen LogP contribution in [0.15, 0.2) is 79.3 Å². The summed E-state index contributed by atoms with van der Waals surface area (Å²) in [7, 11) is 1.47. The third-order valence-electron chi connectivity index (χ3n) is 5.16. The van der Waals surface area contributed by atoms with E-state index in [1.165, 1.54) is 7.11 Å². The molecule has 0 saturated carbocycles. The summed E-state index contributed by atoms with van der Waals surface area (Å²) in [5.74, 6) is 1.32. The van der Waals surface area contributed by atoms with Gasteiger partial charge in [-0.05, 0) is 42.0 Å². The Bertz CT molecular complexity index is 1410. The molecular formula is C26H22Cl2N4O3. The number of hydrogen-bond donors (Lipinski definition) is 3. The second kappa shape index (κ2) is 10.5. The monoisotopic (exact) mass is 508 g/mol. The van der Waals surface area contributed by atoms with Crippen LogP contribution < -0.4 is 25.8 Å². The average Bonchev–Trinajstić information content (AvgIpc) is 2.84. The summed E-state index contributed by atoms with van der Waals surface area (Å²) in [4.78, 5) is 16.2. The van der Waals surface area contributed by atoms with E-state index in [-0.39, 0.29) is 5.56 Å². The van der Waals surface area contributed by atoms with Gasteiger partial charge in [0.1, 0.15) is 17.2 Å². The molecule has 0 aliphatic rings. The number of carbonyl (C=O) groups excluding carboxylic acids is 1. The maximum absolute atomic E-state index is 11.8. The van der Waals surface area contributed by atoms with E-state index in [4.69, 9.17) is 38.4 Å². The molecule has 4 rings (SSSR count). The number of pyridine rings is 1. The molecule has 0 unspecified atom stereocenters. The number of primary amides is 1. The Morgan fingerprint density at radius 1 is 1.06 bits per heavy atom. The third kappa shape index (κ3) is 5.77. The molecule has 178 valence electrons. The van der Waals surface area contributed by atoms with Gasteiger partial charge in [0.25, 0.3) is 5.91 Å². The van der Waals surface area contributed by atoms with Crippen molar-refractivity contribution in [3.8, 4) is 17.2 Å². The highest BCUT2D eigenvalue weighted by Crippen LogP contribution is 2.35. The van der Waals surface area contributed by atoms with Crippen LogP contribution in [0.25, 0.3) is 10.9 Å². The Morgan fingerprint density at radius 3 is 2.51 bits per heavy atom. The zero-order valence-electron chi connectivity index (χ0n) is 18.8. The minimum atomic E-state index is -0.609. The molecule has 35 heavy (non-hydrogen) atoms. The second-order valence-corrected chi connectivity index (χ2v) is 8.41. The van der Waals surface area contributed by atoms with Crippen LogP contribution in [0, 0.1) is 0 Å². The number of nitrogens with two attached hydrogens (primary N) is 1. The first-order chi connectivity index (χ1) is 16.8. The minimum absolute atomic E-state index is 0.236. The van der Waals surface area contributed by atoms with Crippen molar-refractivity contribution in [1.82, 2.24) is 10.3 Å². The highest BCUT2D eigenvalue weighted by molar-refractivity contribution is 6.33. The van der Waals surface area contributed by atoms with Gasteiger partial charge in [-0.3, -0.25) is 9.78 Å². The van der Waals surface area contributed by atoms with Crippen molar-refractivity contribution in [1.29, 1.82) is 0 Å². The number of aromatic nitrogens is 1. The Labute approximate surface area is 212 Å². The quantitative estimate of drug-likeness (QED) is 0.252. The first kappa shape index (κ1) is 24.2. The van der Waals surface area contributed by atoms with Gasteiger partial charge in [-0.25, -0.2) is 0 Å². The molecule has 0 atom stereocenters. The number of nitrogens with zero attached hydrogens (tertiary/aromatic N) is 1. The summed E-state index contributed by atoms with van der Waals surface area (Å²) in [6.07, 6.45) is 1.61. The Hall–Kier alpha value is -3.94. The molecule has 4 N–H and O–H groups in total. The van der Waals surface area contributed by atoms with Gasteiger partial charge >= 0.3 is 0 Å². The number of fused-ring (bicyclic) bond motifs is 1. The summed E-state index contributed by atoms with van der Waals surface area (Å²) < 4.78 is 11.3. The van der Waals surface area contributed by atoms with Crippen LogP contribution >= 0.6 is 23.2 Å². The zero-order chi connectivity index (χ0) is 24.9. The molecule has 9 heteroatoms. The normalized spacial score (nSPS) is 10.6. The fraction of sp³-hybridized carbons (Fsp3) is 0.0769. The molecule has 0 aliphatic carbocycles. The lowest BCUT2D eigenvalue weighted by atomic mass is 10.1. The fourth-order valence-electron chi connectivity index (χ4n) is 3.40. The molecule has 3 aromatic carbocycles. The molecule has 0 fully saturated rings. The SMILES string of the molecule is C=C(NCc1ccc(Cl)cc1)Nc1ccc(Oc2ccnc3cc(OC)c(C(N)=O)cc23)cc1Cl. The summed E-state index contributed by atoms with van der Waals surface area (Å²) in [5, 5.41) is 8.09. The number of methoxy groups -OCH3 is 1. The molecule has 0 bridgehead atoms. The van der Waals surface area contributed by atoms with Crippen LogP contribution in [0.3, 0.4) is 0 Å². The summed E-state index contributed by atoms with van der Waals surface area (Å²) in [5.41, 5.74) is 8.05. The van der Waals surface area contributed by atoms with Crippen molar-refractivity contribution < 1.29 is 14.3 Å². The molecule has 0 radical (unpaired) electrons. The summed E-state index contributed by atoms with van der Waals surface area (Å²) >= 11 is 12.4. The Morgan fingerprint density at radius 2 is 1.83 bits per heavy atom. The maximum Gasteiger partial charge on any atom is 0.252 e. The number of nitrogens with one attached hydrogen (secondary N) is 2. The number of amides is 1. The Balaban J connectivity index is 1.48. The first-order valence-electron chi connectivity index (χ1n) is 10.5. The van der Waals surface area contributed by atoms with Gasteiger partial charge < -0.3 is 25.8 Å². The van der Waals surface area contributed by atoms with Gasteiger partial charge in [-0.1, -0.05) is 41.9 Å². The lowest BCUT2D eigenvalue weighted by Gasteiger charge is -2.15. The van der Waals surface area contributed by atoms with Crippen molar-refractivity contribution in [3.05, 3.63) is 100 Å². The lowest BCUT2D eigenvalue weighted by molar-refractivity contribution is 0.0997. The van der Waals surface area contributed by atoms with E-state index < -0.39 is 5.91 Å². The van der Waals surface area contributed by atoms with Crippen molar-refractivity contribution in [2.75, 3.05) is 12.4 Å². The van der Waals surface area contributed by atoms with Crippen molar-refractivity contribution in [3.63, 3.8) is 0 Å². The first-order valence-corrected chi connectivity index (χ1v) is 11.3. The van der Waals surface area contributed by atoms with E-state index in [0.717, 1.165) is 5.56 Å². The number of benzene rings is 3. The topological polar surface area (TPSA) is 98.5 Å². The van der Waals surface area contributed by atoms with Crippen LogP contribution in [0.1, 0.15) is 15.9 Å². The number of hydrogen-bond acceptors (Lipinski definition) is 6. The summed E-state index contributed by atoms with van der Waals surface area (Å²) in [6.45, 7) is 4.57. The van der Waals surface area contributed by atoms with Crippen LogP contribution in [0.2, 0.25) is 10.0 Å². The smallest absolute Gasteiger partial charge is 0.252 e. The largest absolute Gasteiger partial charge is 0.496 e. The molecule has 4 aromatic rings. The van der Waals surface area contributed by atoms with Gasteiger partial charge in [0.15, 0.2) is 0 Å². The Kier molecular flexibility index (Phi) is 7.29. The second-order valence-electron chi connectivity index (χ2n) is 7.57. The number of halogens is 2. The number of anilines is 1. The highest BCUT2D eigenvalue weighted by Gasteiger charge is 2.15. The van der Waals surface area contributed by atoms with Gasteiger partial charge in [0.2, 0.25) is 0 Å². The number of rotatable bonds is 9. The van der Waals surface area contributed by atoms with E-state index in [0.29, 0.717) is 56.2 Å². The van der Waals surface area contributed by atoms with Crippen molar-refractivity contribution in [2.45, 2.75) is 6.54 Å². The summed E-state index contributed by atoms with van der Waals surface area (Å²) in [6, 6.07) is 17.7. The van der Waals surface area contributed by atoms with Crippen molar-refractivity contribution in [2.24, 2.45) is 5.73 Å². The van der Waals surface area contributed by atoms with E-state index in [1.807, 2.05) is 24.3 Å². The predicted molar refractivity (Wildman–Crippen MR) is 139 cm³/mol. The van der Waals surface area contributed by atoms with Crippen LogP contribution in [-0.4, -0.2) is 18.0 Å². The maximum atomic E-state index is 11.8. The number of ether oxygens (including phenoxy) is 2. The fourth-order valence-corrected chi connectivity index (χ4v) is 3.75. The predicted octanol–water partition coefficient (Wildman–Crippen LogP) is 6.11. The van der Waals surface area contributed by atoms with Gasteiger partial charge in [-0.15, -0.1) is 0 Å². The molecule has 1 amide bonds. The average molecular weight is 509 g/mol. The zero-order valence-corrected chi connectivity index (χ0v) is 20.3. The van der Waals surface area contributed by atoms with E-state index in [2.05, 4.69) is 22.2 Å². The number of carbonyl (C=O) groups is 1. The molecular weight excluding hydrogens is 487 g/mol. The van der Waals surface area contributed by atoms with E-state index >= 15 is 0 Å². The van der Waals surface area contributed by atoms with Crippen LogP contribution in [0.4, 0.5) is 5.69 Å². The molecule has 0 aliphatic heterocycles. The van der Waals surface area contributed by atoms with Crippen LogP contribution in [-0.2, 0) is 6.54 Å². The standard InChI is InChI=1S/C26H22Cl2N4O3/c1-15(31-14-16-3-5-17(27)6-4-16)32-22-8-7-18(11-21(22)28)35-24-9-10-30-23-13-25(34-2)20(26(29)33)12-19(23)24/h3-13,31-32H,1,14H2,2H3,(H2,29,33). The molecule has 1 aromatic heterocycles.